The normalized spacial score (nSPS) is 16.9. The van der Waals surface area contributed by atoms with Gasteiger partial charge in [0.15, 0.2) is 11.6 Å². The first kappa shape index (κ1) is 16.3. The average Bonchev–Trinajstić information content (AvgIpc) is 2.40. The number of esters is 2. The molecule has 1 heterocycles. The lowest BCUT2D eigenvalue weighted by molar-refractivity contribution is -0.222. The molecular formula is C15H14ClFO5. The third-order valence-corrected chi connectivity index (χ3v) is 3.08. The molecule has 0 aromatic heterocycles. The summed E-state index contributed by atoms with van der Waals surface area (Å²) < 4.78 is 29.3. The number of hydrogen-bond acceptors (Lipinski definition) is 5. The third kappa shape index (κ3) is 3.22. The minimum atomic E-state index is -1.35. The molecular weight excluding hydrogens is 315 g/mol. The van der Waals surface area contributed by atoms with Gasteiger partial charge in [-0.25, -0.2) is 14.0 Å². The van der Waals surface area contributed by atoms with Crippen LogP contribution in [0.3, 0.4) is 0 Å². The lowest BCUT2D eigenvalue weighted by Gasteiger charge is -2.29. The summed E-state index contributed by atoms with van der Waals surface area (Å²) >= 11 is 5.85. The van der Waals surface area contributed by atoms with E-state index in [1.807, 2.05) is 0 Å². The van der Waals surface area contributed by atoms with Gasteiger partial charge in [-0.15, -0.1) is 0 Å². The molecule has 5 nitrogen and oxygen atoms in total. The van der Waals surface area contributed by atoms with Gasteiger partial charge in [0, 0.05) is 19.4 Å². The maximum absolute atomic E-state index is 14.3. The smallest absolute Gasteiger partial charge is 0.348 e. The number of ether oxygens (including phenoxy) is 3. The van der Waals surface area contributed by atoms with Crippen molar-refractivity contribution in [3.63, 3.8) is 0 Å². The minimum absolute atomic E-state index is 0.0311. The fourth-order valence-corrected chi connectivity index (χ4v) is 2.07. The van der Waals surface area contributed by atoms with E-state index in [1.165, 1.54) is 26.0 Å². The first-order valence-corrected chi connectivity index (χ1v) is 6.92. The van der Waals surface area contributed by atoms with Crippen molar-refractivity contribution in [3.05, 3.63) is 34.1 Å². The second-order valence-electron chi connectivity index (χ2n) is 4.95. The molecule has 2 rings (SSSR count). The Balaban J connectivity index is 2.43. The van der Waals surface area contributed by atoms with E-state index in [1.54, 1.807) is 6.92 Å². The number of halogens is 2. The molecule has 0 saturated carbocycles. The number of hydrogen-bond donors (Lipinski definition) is 0. The highest BCUT2D eigenvalue weighted by Gasteiger charge is 2.39. The van der Waals surface area contributed by atoms with Crippen LogP contribution in [0, 0.1) is 5.82 Å². The zero-order valence-corrected chi connectivity index (χ0v) is 13.0. The van der Waals surface area contributed by atoms with Crippen molar-refractivity contribution in [3.8, 4) is 5.75 Å². The molecule has 1 fully saturated rings. The molecule has 1 aliphatic heterocycles. The van der Waals surface area contributed by atoms with Gasteiger partial charge in [-0.1, -0.05) is 17.7 Å². The quantitative estimate of drug-likeness (QED) is 0.485. The SMILES string of the molecule is CCOc1c(Cl)ccc(C=C2C(=O)OC(C)(C)OC2=O)c1F. The first-order valence-electron chi connectivity index (χ1n) is 6.54. The molecule has 0 amide bonds. The van der Waals surface area contributed by atoms with Crippen molar-refractivity contribution >= 4 is 29.6 Å². The van der Waals surface area contributed by atoms with E-state index in [9.17, 15) is 14.0 Å². The van der Waals surface area contributed by atoms with Crippen molar-refractivity contribution in [2.45, 2.75) is 26.6 Å². The van der Waals surface area contributed by atoms with Crippen molar-refractivity contribution in [2.24, 2.45) is 0 Å². The van der Waals surface area contributed by atoms with Gasteiger partial charge in [0.05, 0.1) is 11.6 Å². The van der Waals surface area contributed by atoms with E-state index in [0.717, 1.165) is 6.08 Å². The second-order valence-corrected chi connectivity index (χ2v) is 5.36. The van der Waals surface area contributed by atoms with E-state index in [4.69, 9.17) is 25.8 Å². The Kier molecular flexibility index (Phi) is 4.42. The van der Waals surface area contributed by atoms with Crippen LogP contribution < -0.4 is 4.74 Å². The summed E-state index contributed by atoms with van der Waals surface area (Å²) in [6, 6.07) is 2.74. The van der Waals surface area contributed by atoms with Gasteiger partial charge in [0.2, 0.25) is 0 Å². The van der Waals surface area contributed by atoms with Crippen molar-refractivity contribution in [1.29, 1.82) is 0 Å². The zero-order valence-electron chi connectivity index (χ0n) is 12.2. The number of cyclic esters (lactones) is 2. The highest BCUT2D eigenvalue weighted by Crippen LogP contribution is 2.32. The number of rotatable bonds is 3. The summed E-state index contributed by atoms with van der Waals surface area (Å²) in [5.41, 5.74) is -0.431. The molecule has 0 spiro atoms. The second kappa shape index (κ2) is 5.96. The fraction of sp³-hybridized carbons (Fsp3) is 0.333. The maximum atomic E-state index is 14.3. The monoisotopic (exact) mass is 328 g/mol. The van der Waals surface area contributed by atoms with E-state index in [2.05, 4.69) is 0 Å². The number of carbonyl (C=O) groups is 2. The van der Waals surface area contributed by atoms with Gasteiger partial charge in [0.25, 0.3) is 5.79 Å². The lowest BCUT2D eigenvalue weighted by Crippen LogP contribution is -2.41. The zero-order chi connectivity index (χ0) is 16.5. The molecule has 0 atom stereocenters. The van der Waals surface area contributed by atoms with E-state index >= 15 is 0 Å². The van der Waals surface area contributed by atoms with Crippen LogP contribution in [0.5, 0.6) is 5.75 Å². The molecule has 0 radical (unpaired) electrons. The van der Waals surface area contributed by atoms with Crippen LogP contribution in [0.4, 0.5) is 4.39 Å². The van der Waals surface area contributed by atoms with Crippen LogP contribution in [0.15, 0.2) is 17.7 Å². The van der Waals surface area contributed by atoms with Gasteiger partial charge < -0.3 is 14.2 Å². The summed E-state index contributed by atoms with van der Waals surface area (Å²) in [5, 5.41) is 0.0939. The predicted octanol–water partition coefficient (Wildman–Crippen LogP) is 3.10. The molecule has 1 aliphatic rings. The molecule has 0 aliphatic carbocycles. The van der Waals surface area contributed by atoms with Gasteiger partial charge in [-0.05, 0) is 19.1 Å². The summed E-state index contributed by atoms with van der Waals surface area (Å²) in [5.74, 6) is -4.02. The summed E-state index contributed by atoms with van der Waals surface area (Å²) in [7, 11) is 0. The standard InChI is InChI=1S/C15H14ClFO5/c1-4-20-12-10(16)6-5-8(11(12)17)7-9-13(18)21-15(2,3)22-14(9)19/h5-7H,4H2,1-3H3. The first-order chi connectivity index (χ1) is 10.2. The summed E-state index contributed by atoms with van der Waals surface area (Å²) in [6.07, 6.45) is 1.05. The Hall–Kier alpha value is -2.08. The minimum Gasteiger partial charge on any atom is -0.489 e. The fourth-order valence-electron chi connectivity index (χ4n) is 1.87. The Morgan fingerprint density at radius 1 is 1.27 bits per heavy atom. The van der Waals surface area contributed by atoms with Gasteiger partial charge in [-0.2, -0.15) is 0 Å². The Morgan fingerprint density at radius 3 is 2.41 bits per heavy atom. The van der Waals surface area contributed by atoms with Crippen molar-refractivity contribution in [2.75, 3.05) is 6.61 Å². The molecule has 118 valence electrons. The summed E-state index contributed by atoms with van der Waals surface area (Å²) in [6.45, 7) is 4.75. The van der Waals surface area contributed by atoms with Crippen molar-refractivity contribution < 1.29 is 28.2 Å². The molecule has 1 aromatic carbocycles. The molecule has 0 unspecified atom stereocenters. The van der Waals surface area contributed by atoms with E-state index in [-0.39, 0.29) is 22.9 Å². The largest absolute Gasteiger partial charge is 0.489 e. The van der Waals surface area contributed by atoms with E-state index < -0.39 is 29.1 Å². The molecule has 7 heteroatoms. The van der Waals surface area contributed by atoms with Crippen LogP contribution in [-0.2, 0) is 19.1 Å². The van der Waals surface area contributed by atoms with Gasteiger partial charge >= 0.3 is 11.9 Å². The molecule has 1 aromatic rings. The average molecular weight is 329 g/mol. The lowest BCUT2D eigenvalue weighted by atomic mass is 10.1. The predicted molar refractivity (Wildman–Crippen MR) is 76.8 cm³/mol. The topological polar surface area (TPSA) is 61.8 Å². The highest BCUT2D eigenvalue weighted by atomic mass is 35.5. The molecule has 1 saturated heterocycles. The van der Waals surface area contributed by atoms with Crippen LogP contribution in [0.25, 0.3) is 6.08 Å². The van der Waals surface area contributed by atoms with Crippen LogP contribution in [0.2, 0.25) is 5.02 Å². The Morgan fingerprint density at radius 2 is 1.86 bits per heavy atom. The Labute approximate surface area is 131 Å². The number of carbonyl (C=O) groups excluding carboxylic acids is 2. The molecule has 0 N–H and O–H groups in total. The van der Waals surface area contributed by atoms with Gasteiger partial charge in [0.1, 0.15) is 5.57 Å². The van der Waals surface area contributed by atoms with E-state index in [0.29, 0.717) is 0 Å². The molecule has 22 heavy (non-hydrogen) atoms. The summed E-state index contributed by atoms with van der Waals surface area (Å²) in [4.78, 5) is 23.7. The number of benzene rings is 1. The third-order valence-electron chi connectivity index (χ3n) is 2.78. The molecule has 0 bridgehead atoms. The van der Waals surface area contributed by atoms with Crippen LogP contribution in [0.1, 0.15) is 26.3 Å². The van der Waals surface area contributed by atoms with Crippen molar-refractivity contribution in [1.82, 2.24) is 0 Å². The Bertz CT molecular complexity index is 644. The van der Waals surface area contributed by atoms with Crippen LogP contribution in [-0.4, -0.2) is 24.3 Å². The highest BCUT2D eigenvalue weighted by molar-refractivity contribution is 6.32. The van der Waals surface area contributed by atoms with Gasteiger partial charge in [-0.3, -0.25) is 0 Å². The van der Waals surface area contributed by atoms with Crippen LogP contribution >= 0.6 is 11.6 Å². The maximum Gasteiger partial charge on any atom is 0.348 e.